The number of hydrogen-bond acceptors (Lipinski definition) is 3. The molecule has 1 saturated heterocycles. The van der Waals surface area contributed by atoms with Gasteiger partial charge in [0, 0.05) is 13.1 Å². The Bertz CT molecular complexity index is 610. The van der Waals surface area contributed by atoms with Crippen LogP contribution in [0.25, 0.3) is 0 Å². The van der Waals surface area contributed by atoms with E-state index in [1.165, 1.54) is 6.07 Å². The smallest absolute Gasteiger partial charge is 0.237 e. The maximum atomic E-state index is 12.0. The van der Waals surface area contributed by atoms with Crippen molar-refractivity contribution in [3.8, 4) is 0 Å². The maximum absolute atomic E-state index is 12.0. The summed E-state index contributed by atoms with van der Waals surface area (Å²) >= 11 is 11.6. The van der Waals surface area contributed by atoms with Gasteiger partial charge < -0.3 is 4.90 Å². The van der Waals surface area contributed by atoms with Crippen LogP contribution in [0.1, 0.15) is 18.4 Å². The molecule has 1 aliphatic heterocycles. The van der Waals surface area contributed by atoms with Crippen molar-refractivity contribution in [1.82, 2.24) is 4.90 Å². The first-order valence-electron chi connectivity index (χ1n) is 6.29. The van der Waals surface area contributed by atoms with Gasteiger partial charge in [0.25, 0.3) is 0 Å². The minimum absolute atomic E-state index is 0.205. The minimum Gasteiger partial charge on any atom is -0.342 e. The molecule has 20 heavy (non-hydrogen) atoms. The molecule has 1 aliphatic rings. The summed E-state index contributed by atoms with van der Waals surface area (Å²) in [7, 11) is -3.49. The van der Waals surface area contributed by atoms with Crippen LogP contribution in [-0.2, 0) is 20.4 Å². The quantitative estimate of drug-likeness (QED) is 0.849. The standard InChI is InChI=1S/C13H15Cl2NO3S/c14-11-4-3-10(7-12(11)15)8-20(18,19)9-13(17)16-5-1-2-6-16/h3-4,7H,1-2,5-6,8-9H2. The normalized spacial score (nSPS) is 15.6. The van der Waals surface area contributed by atoms with Crippen molar-refractivity contribution < 1.29 is 13.2 Å². The fraction of sp³-hybridized carbons (Fsp3) is 0.462. The van der Waals surface area contributed by atoms with E-state index in [1.807, 2.05) is 0 Å². The predicted molar refractivity (Wildman–Crippen MR) is 79.8 cm³/mol. The first-order chi connectivity index (χ1) is 9.37. The topological polar surface area (TPSA) is 54.5 Å². The lowest BCUT2D eigenvalue weighted by atomic mass is 10.2. The van der Waals surface area contributed by atoms with Crippen LogP contribution in [0.2, 0.25) is 10.0 Å². The summed E-state index contributed by atoms with van der Waals surface area (Å²) in [4.78, 5) is 13.5. The lowest BCUT2D eigenvalue weighted by Gasteiger charge is -2.15. The molecule has 0 aliphatic carbocycles. The zero-order valence-electron chi connectivity index (χ0n) is 10.8. The average molecular weight is 336 g/mol. The lowest BCUT2D eigenvalue weighted by molar-refractivity contribution is -0.127. The molecule has 0 unspecified atom stereocenters. The highest BCUT2D eigenvalue weighted by atomic mass is 35.5. The van der Waals surface area contributed by atoms with Gasteiger partial charge in [-0.25, -0.2) is 8.42 Å². The van der Waals surface area contributed by atoms with Gasteiger partial charge >= 0.3 is 0 Å². The molecule has 0 radical (unpaired) electrons. The van der Waals surface area contributed by atoms with Crippen LogP contribution in [0.3, 0.4) is 0 Å². The Labute approximate surface area is 128 Å². The van der Waals surface area contributed by atoms with Crippen molar-refractivity contribution in [2.24, 2.45) is 0 Å². The van der Waals surface area contributed by atoms with Crippen LogP contribution >= 0.6 is 23.2 Å². The number of halogens is 2. The number of carbonyl (C=O) groups is 1. The van der Waals surface area contributed by atoms with Gasteiger partial charge in [0.15, 0.2) is 9.84 Å². The van der Waals surface area contributed by atoms with E-state index in [0.29, 0.717) is 28.7 Å². The first kappa shape index (κ1) is 15.6. The highest BCUT2D eigenvalue weighted by Gasteiger charge is 2.24. The second-order valence-corrected chi connectivity index (χ2v) is 7.75. The zero-order valence-corrected chi connectivity index (χ0v) is 13.1. The van der Waals surface area contributed by atoms with E-state index in [0.717, 1.165) is 12.8 Å². The monoisotopic (exact) mass is 335 g/mol. The van der Waals surface area contributed by atoms with E-state index in [-0.39, 0.29) is 11.7 Å². The Morgan fingerprint density at radius 3 is 2.40 bits per heavy atom. The Morgan fingerprint density at radius 1 is 1.15 bits per heavy atom. The molecule has 0 atom stereocenters. The Kier molecular flexibility index (Phi) is 4.94. The van der Waals surface area contributed by atoms with Gasteiger partial charge in [-0.1, -0.05) is 29.3 Å². The number of nitrogens with zero attached hydrogens (tertiary/aromatic N) is 1. The average Bonchev–Trinajstić information content (AvgIpc) is 2.86. The molecule has 110 valence electrons. The number of rotatable bonds is 4. The number of amides is 1. The summed E-state index contributed by atoms with van der Waals surface area (Å²) < 4.78 is 24.1. The third-order valence-electron chi connectivity index (χ3n) is 3.17. The molecule has 1 fully saturated rings. The molecule has 4 nitrogen and oxygen atoms in total. The van der Waals surface area contributed by atoms with Crippen LogP contribution in [0.5, 0.6) is 0 Å². The summed E-state index contributed by atoms with van der Waals surface area (Å²) in [5, 5.41) is 0.686. The summed E-state index contributed by atoms with van der Waals surface area (Å²) in [6, 6.07) is 4.67. The van der Waals surface area contributed by atoms with Crippen molar-refractivity contribution in [3.63, 3.8) is 0 Å². The number of benzene rings is 1. The second-order valence-electron chi connectivity index (χ2n) is 4.87. The number of sulfone groups is 1. The van der Waals surface area contributed by atoms with Gasteiger partial charge in [0.1, 0.15) is 5.75 Å². The van der Waals surface area contributed by atoms with E-state index in [2.05, 4.69) is 0 Å². The summed E-state index contributed by atoms with van der Waals surface area (Å²) in [5.41, 5.74) is 0.536. The molecule has 1 aromatic carbocycles. The predicted octanol–water partition coefficient (Wildman–Crippen LogP) is 2.53. The number of hydrogen-bond donors (Lipinski definition) is 0. The van der Waals surface area contributed by atoms with Crippen molar-refractivity contribution in [2.75, 3.05) is 18.8 Å². The minimum atomic E-state index is -3.49. The van der Waals surface area contributed by atoms with E-state index < -0.39 is 15.6 Å². The van der Waals surface area contributed by atoms with Gasteiger partial charge in [-0.3, -0.25) is 4.79 Å². The largest absolute Gasteiger partial charge is 0.342 e. The van der Waals surface area contributed by atoms with E-state index in [9.17, 15) is 13.2 Å². The third-order valence-corrected chi connectivity index (χ3v) is 5.37. The molecule has 0 N–H and O–H groups in total. The SMILES string of the molecule is O=C(CS(=O)(=O)Cc1ccc(Cl)c(Cl)c1)N1CCCC1. The van der Waals surface area contributed by atoms with Crippen LogP contribution < -0.4 is 0 Å². The van der Waals surface area contributed by atoms with Gasteiger partial charge in [-0.05, 0) is 30.5 Å². The van der Waals surface area contributed by atoms with Crippen molar-refractivity contribution in [2.45, 2.75) is 18.6 Å². The second kappa shape index (κ2) is 6.33. The molecule has 0 spiro atoms. The molecule has 0 saturated carbocycles. The van der Waals surface area contributed by atoms with Crippen LogP contribution in [0.4, 0.5) is 0 Å². The van der Waals surface area contributed by atoms with Crippen molar-refractivity contribution >= 4 is 38.9 Å². The number of carbonyl (C=O) groups excluding carboxylic acids is 1. The molecular weight excluding hydrogens is 321 g/mol. The molecule has 1 aromatic rings. The molecule has 0 aromatic heterocycles. The van der Waals surface area contributed by atoms with Gasteiger partial charge in [-0.15, -0.1) is 0 Å². The Hall–Kier alpha value is -0.780. The zero-order chi connectivity index (χ0) is 14.8. The third kappa shape index (κ3) is 4.11. The summed E-state index contributed by atoms with van der Waals surface area (Å²) in [5.74, 6) is -0.973. The van der Waals surface area contributed by atoms with E-state index in [4.69, 9.17) is 23.2 Å². The molecule has 7 heteroatoms. The fourth-order valence-electron chi connectivity index (χ4n) is 2.18. The Balaban J connectivity index is 2.03. The van der Waals surface area contributed by atoms with Gasteiger partial charge in [0.2, 0.25) is 5.91 Å². The fourth-order valence-corrected chi connectivity index (χ4v) is 3.85. The van der Waals surface area contributed by atoms with Crippen LogP contribution in [-0.4, -0.2) is 38.1 Å². The Morgan fingerprint density at radius 2 is 1.80 bits per heavy atom. The highest BCUT2D eigenvalue weighted by Crippen LogP contribution is 2.23. The molecule has 0 bridgehead atoms. The molecular formula is C13H15Cl2NO3S. The van der Waals surface area contributed by atoms with Crippen LogP contribution in [0.15, 0.2) is 18.2 Å². The van der Waals surface area contributed by atoms with Gasteiger partial charge in [0.05, 0.1) is 15.8 Å². The molecule has 2 rings (SSSR count). The summed E-state index contributed by atoms with van der Waals surface area (Å²) in [6.07, 6.45) is 1.89. The molecule has 1 amide bonds. The van der Waals surface area contributed by atoms with Crippen molar-refractivity contribution in [1.29, 1.82) is 0 Å². The lowest BCUT2D eigenvalue weighted by Crippen LogP contribution is -2.33. The van der Waals surface area contributed by atoms with E-state index in [1.54, 1.807) is 17.0 Å². The van der Waals surface area contributed by atoms with E-state index >= 15 is 0 Å². The highest BCUT2D eigenvalue weighted by molar-refractivity contribution is 7.91. The number of likely N-dealkylation sites (tertiary alicyclic amines) is 1. The van der Waals surface area contributed by atoms with Crippen LogP contribution in [0, 0.1) is 0 Å². The first-order valence-corrected chi connectivity index (χ1v) is 8.87. The van der Waals surface area contributed by atoms with Gasteiger partial charge in [-0.2, -0.15) is 0 Å². The molecule has 1 heterocycles. The van der Waals surface area contributed by atoms with Crippen molar-refractivity contribution in [3.05, 3.63) is 33.8 Å². The summed E-state index contributed by atoms with van der Waals surface area (Å²) in [6.45, 7) is 1.31. The maximum Gasteiger partial charge on any atom is 0.237 e.